The second-order valence-electron chi connectivity index (χ2n) is 7.40. The number of amides is 1. The average molecular weight is 385 g/mol. The van der Waals surface area contributed by atoms with Crippen LogP contribution in [-0.2, 0) is 19.1 Å². The van der Waals surface area contributed by atoms with Gasteiger partial charge in [0.25, 0.3) is 5.91 Å². The molecule has 0 unspecified atom stereocenters. The zero-order valence-corrected chi connectivity index (χ0v) is 15.5. The van der Waals surface area contributed by atoms with Crippen molar-refractivity contribution in [3.8, 4) is 11.5 Å². The molecule has 28 heavy (non-hydrogen) atoms. The lowest BCUT2D eigenvalue weighted by Crippen LogP contribution is -2.54. The van der Waals surface area contributed by atoms with E-state index in [-0.39, 0.29) is 24.7 Å². The van der Waals surface area contributed by atoms with E-state index in [1.54, 1.807) is 12.1 Å². The minimum Gasteiger partial charge on any atom is -0.457 e. The highest BCUT2D eigenvalue weighted by atomic mass is 16.7. The van der Waals surface area contributed by atoms with E-state index in [0.29, 0.717) is 30.0 Å². The zero-order valence-electron chi connectivity index (χ0n) is 15.5. The van der Waals surface area contributed by atoms with E-state index in [9.17, 15) is 14.4 Å². The maximum atomic E-state index is 13.1. The number of hydrogen-bond acceptors (Lipinski definition) is 7. The van der Waals surface area contributed by atoms with Crippen molar-refractivity contribution in [2.45, 2.75) is 44.4 Å². The van der Waals surface area contributed by atoms with E-state index >= 15 is 0 Å². The molecule has 0 spiro atoms. The first-order valence-corrected chi connectivity index (χ1v) is 9.23. The molecule has 8 heteroatoms. The van der Waals surface area contributed by atoms with Crippen LogP contribution in [0.25, 0.3) is 0 Å². The first-order chi connectivity index (χ1) is 13.4. The first kappa shape index (κ1) is 17.1. The molecule has 1 saturated heterocycles. The van der Waals surface area contributed by atoms with Gasteiger partial charge in [0.05, 0.1) is 12.0 Å². The molecule has 0 saturated carbocycles. The summed E-state index contributed by atoms with van der Waals surface area (Å²) in [5.74, 6) is -0.270. The molecule has 146 valence electrons. The Morgan fingerprint density at radius 3 is 2.54 bits per heavy atom. The minimum atomic E-state index is -0.733. The highest BCUT2D eigenvalue weighted by Crippen LogP contribution is 2.50. The Morgan fingerprint density at radius 1 is 1.11 bits per heavy atom. The number of esters is 2. The van der Waals surface area contributed by atoms with Gasteiger partial charge in [0.2, 0.25) is 6.79 Å². The van der Waals surface area contributed by atoms with Crippen LogP contribution in [0.1, 0.15) is 42.1 Å². The number of fused-ring (bicyclic) bond motifs is 3. The molecule has 1 aromatic carbocycles. The maximum Gasteiger partial charge on any atom is 0.303 e. The van der Waals surface area contributed by atoms with E-state index in [1.807, 2.05) is 11.0 Å². The SMILES string of the molecule is CC(=O)O[C@@H]1[C@@H]2c3cc4c(cc3C(=O)N3CCC(=C[C@H]1OC(C)=O)[C@@H]23)OCO4. The van der Waals surface area contributed by atoms with Gasteiger partial charge in [-0.15, -0.1) is 0 Å². The van der Waals surface area contributed by atoms with Crippen LogP contribution in [0.15, 0.2) is 23.8 Å². The fraction of sp³-hybridized carbons (Fsp3) is 0.450. The number of nitrogens with zero attached hydrogens (tertiary/aromatic N) is 1. The third-order valence-corrected chi connectivity index (χ3v) is 5.75. The van der Waals surface area contributed by atoms with Crippen molar-refractivity contribution in [1.29, 1.82) is 0 Å². The topological polar surface area (TPSA) is 91.4 Å². The quantitative estimate of drug-likeness (QED) is 0.563. The summed E-state index contributed by atoms with van der Waals surface area (Å²) < 4.78 is 22.1. The number of rotatable bonds is 2. The average Bonchev–Trinajstić information content (AvgIpc) is 3.25. The van der Waals surface area contributed by atoms with Gasteiger partial charge in [0.1, 0.15) is 0 Å². The van der Waals surface area contributed by atoms with Gasteiger partial charge in [-0.1, -0.05) is 0 Å². The molecule has 0 aromatic heterocycles. The fourth-order valence-corrected chi connectivity index (χ4v) is 4.81. The Hall–Kier alpha value is -3.03. The lowest BCUT2D eigenvalue weighted by atomic mass is 9.72. The normalized spacial score (nSPS) is 29.0. The molecule has 0 radical (unpaired) electrons. The van der Waals surface area contributed by atoms with Crippen LogP contribution in [0.4, 0.5) is 0 Å². The van der Waals surface area contributed by atoms with Crippen LogP contribution in [0.2, 0.25) is 0 Å². The van der Waals surface area contributed by atoms with Gasteiger partial charge in [0.15, 0.2) is 23.7 Å². The molecule has 4 atom stereocenters. The van der Waals surface area contributed by atoms with Gasteiger partial charge in [-0.05, 0) is 35.8 Å². The summed E-state index contributed by atoms with van der Waals surface area (Å²) in [6, 6.07) is 3.26. The van der Waals surface area contributed by atoms with Crippen molar-refractivity contribution in [3.63, 3.8) is 0 Å². The standard InChI is InChI=1S/C20H19NO7/c1-9(22)27-16-5-11-3-4-21-18(11)17(19(16)28-10(2)23)12-6-14-15(26-8-25-14)7-13(12)20(21)24/h5-7,16-19H,3-4,8H2,1-2H3/t16-,17-,18+,19+/m1/s1. The molecule has 0 bridgehead atoms. The van der Waals surface area contributed by atoms with Gasteiger partial charge >= 0.3 is 11.9 Å². The van der Waals surface area contributed by atoms with E-state index in [4.69, 9.17) is 18.9 Å². The highest BCUT2D eigenvalue weighted by molar-refractivity contribution is 5.99. The Kier molecular flexibility index (Phi) is 3.65. The van der Waals surface area contributed by atoms with E-state index in [2.05, 4.69) is 0 Å². The summed E-state index contributed by atoms with van der Waals surface area (Å²) in [7, 11) is 0. The predicted molar refractivity (Wildman–Crippen MR) is 93.9 cm³/mol. The summed E-state index contributed by atoms with van der Waals surface area (Å²) in [5, 5.41) is 0. The number of hydrogen-bond donors (Lipinski definition) is 0. The smallest absolute Gasteiger partial charge is 0.303 e. The third kappa shape index (κ3) is 2.40. The zero-order chi connectivity index (χ0) is 19.6. The van der Waals surface area contributed by atoms with Crippen molar-refractivity contribution < 1.29 is 33.3 Å². The summed E-state index contributed by atoms with van der Waals surface area (Å²) >= 11 is 0. The molecule has 1 aliphatic carbocycles. The lowest BCUT2D eigenvalue weighted by molar-refractivity contribution is -0.165. The molecule has 1 amide bonds. The maximum absolute atomic E-state index is 13.1. The van der Waals surface area contributed by atoms with Crippen molar-refractivity contribution in [2.24, 2.45) is 0 Å². The summed E-state index contributed by atoms with van der Waals surface area (Å²) in [6.45, 7) is 3.32. The van der Waals surface area contributed by atoms with Crippen molar-refractivity contribution >= 4 is 17.8 Å². The van der Waals surface area contributed by atoms with Crippen LogP contribution in [0.3, 0.4) is 0 Å². The summed E-state index contributed by atoms with van der Waals surface area (Å²) in [6.07, 6.45) is 1.09. The number of benzene rings is 1. The molecule has 0 N–H and O–H groups in total. The number of ether oxygens (including phenoxy) is 4. The van der Waals surface area contributed by atoms with Gasteiger partial charge in [-0.3, -0.25) is 14.4 Å². The molecule has 5 rings (SSSR count). The molecule has 1 fully saturated rings. The predicted octanol–water partition coefficient (Wildman–Crippen LogP) is 1.53. The first-order valence-electron chi connectivity index (χ1n) is 9.23. The molecule has 4 aliphatic rings. The van der Waals surface area contributed by atoms with Gasteiger partial charge in [-0.25, -0.2) is 0 Å². The highest BCUT2D eigenvalue weighted by Gasteiger charge is 2.54. The van der Waals surface area contributed by atoms with Crippen LogP contribution < -0.4 is 9.47 Å². The second kappa shape index (κ2) is 5.98. The van der Waals surface area contributed by atoms with Crippen LogP contribution in [0.5, 0.6) is 11.5 Å². The molecular formula is C20H19NO7. The van der Waals surface area contributed by atoms with Gasteiger partial charge < -0.3 is 23.8 Å². The largest absolute Gasteiger partial charge is 0.457 e. The van der Waals surface area contributed by atoms with Gasteiger partial charge in [0, 0.05) is 26.0 Å². The fourth-order valence-electron chi connectivity index (χ4n) is 4.81. The summed E-state index contributed by atoms with van der Waals surface area (Å²) in [4.78, 5) is 38.5. The Bertz CT molecular complexity index is 937. The van der Waals surface area contributed by atoms with Crippen LogP contribution >= 0.6 is 0 Å². The summed E-state index contributed by atoms with van der Waals surface area (Å²) in [5.41, 5.74) is 2.26. The van der Waals surface area contributed by atoms with Crippen LogP contribution in [0, 0.1) is 0 Å². The molecule has 8 nitrogen and oxygen atoms in total. The lowest BCUT2D eigenvalue weighted by Gasteiger charge is -2.45. The molecular weight excluding hydrogens is 366 g/mol. The van der Waals surface area contributed by atoms with E-state index in [0.717, 1.165) is 11.1 Å². The number of carbonyl (C=O) groups is 3. The van der Waals surface area contributed by atoms with Crippen molar-refractivity contribution in [2.75, 3.05) is 13.3 Å². The molecule has 1 aromatic rings. The molecule has 3 aliphatic heterocycles. The number of carbonyl (C=O) groups excluding carboxylic acids is 3. The van der Waals surface area contributed by atoms with Crippen molar-refractivity contribution in [1.82, 2.24) is 4.90 Å². The van der Waals surface area contributed by atoms with E-state index < -0.39 is 24.1 Å². The Labute approximate surface area is 161 Å². The third-order valence-electron chi connectivity index (χ3n) is 5.75. The monoisotopic (exact) mass is 385 g/mol. The molecule has 3 heterocycles. The van der Waals surface area contributed by atoms with Crippen molar-refractivity contribution in [3.05, 3.63) is 34.9 Å². The Morgan fingerprint density at radius 2 is 1.82 bits per heavy atom. The van der Waals surface area contributed by atoms with Gasteiger partial charge in [-0.2, -0.15) is 0 Å². The second-order valence-corrected chi connectivity index (χ2v) is 7.40. The Balaban J connectivity index is 1.69. The van der Waals surface area contributed by atoms with Crippen LogP contribution in [-0.4, -0.2) is 54.3 Å². The van der Waals surface area contributed by atoms with E-state index in [1.165, 1.54) is 13.8 Å². The minimum absolute atomic E-state index is 0.0783.